The minimum atomic E-state index is 0.261. The van der Waals surface area contributed by atoms with Crippen LogP contribution >= 0.6 is 0 Å². The lowest BCUT2D eigenvalue weighted by Crippen LogP contribution is -2.25. The zero-order valence-corrected chi connectivity index (χ0v) is 9.71. The Morgan fingerprint density at radius 1 is 1.50 bits per heavy atom. The van der Waals surface area contributed by atoms with Gasteiger partial charge in [0.15, 0.2) is 0 Å². The van der Waals surface area contributed by atoms with Crippen molar-refractivity contribution in [3.8, 4) is 0 Å². The number of aromatic nitrogens is 1. The van der Waals surface area contributed by atoms with Gasteiger partial charge in [-0.15, -0.1) is 0 Å². The van der Waals surface area contributed by atoms with E-state index in [-0.39, 0.29) is 6.04 Å². The van der Waals surface area contributed by atoms with Crippen LogP contribution in [0.3, 0.4) is 0 Å². The smallest absolute Gasteiger partial charge is 0.0312 e. The van der Waals surface area contributed by atoms with Gasteiger partial charge < -0.3 is 10.6 Å². The quantitative estimate of drug-likeness (QED) is 0.776. The second-order valence-corrected chi connectivity index (χ2v) is 4.60. The zero-order chi connectivity index (χ0) is 11.4. The van der Waals surface area contributed by atoms with Crippen molar-refractivity contribution < 1.29 is 0 Å². The van der Waals surface area contributed by atoms with Gasteiger partial charge in [-0.05, 0) is 31.0 Å². The molecule has 1 heterocycles. The highest BCUT2D eigenvalue weighted by Crippen LogP contribution is 2.17. The van der Waals surface area contributed by atoms with Gasteiger partial charge in [-0.3, -0.25) is 4.98 Å². The first-order chi connectivity index (χ1) is 7.74. The molecule has 16 heavy (non-hydrogen) atoms. The molecular weight excluding hydrogens is 198 g/mol. The largest absolute Gasteiger partial charge is 0.324 e. The second-order valence-electron chi connectivity index (χ2n) is 4.60. The SMILES string of the molecule is CN(Cc1cccnc1)CC1C=CC(N)C1. The summed E-state index contributed by atoms with van der Waals surface area (Å²) in [4.78, 5) is 6.44. The van der Waals surface area contributed by atoms with E-state index in [1.807, 2.05) is 18.5 Å². The fraction of sp³-hybridized carbons (Fsp3) is 0.462. The minimum Gasteiger partial charge on any atom is -0.324 e. The number of rotatable bonds is 4. The molecule has 1 aromatic heterocycles. The van der Waals surface area contributed by atoms with Crippen LogP contribution < -0.4 is 5.73 Å². The molecular formula is C13H19N3. The van der Waals surface area contributed by atoms with Crippen LogP contribution in [0.4, 0.5) is 0 Å². The minimum absolute atomic E-state index is 0.261. The topological polar surface area (TPSA) is 42.2 Å². The highest BCUT2D eigenvalue weighted by Gasteiger charge is 2.16. The van der Waals surface area contributed by atoms with E-state index in [4.69, 9.17) is 5.73 Å². The van der Waals surface area contributed by atoms with Crippen molar-refractivity contribution in [3.63, 3.8) is 0 Å². The molecule has 1 aliphatic carbocycles. The van der Waals surface area contributed by atoms with Crippen LogP contribution in [0.1, 0.15) is 12.0 Å². The normalized spacial score (nSPS) is 24.2. The summed E-state index contributed by atoms with van der Waals surface area (Å²) in [6.45, 7) is 2.02. The molecule has 2 unspecified atom stereocenters. The summed E-state index contributed by atoms with van der Waals surface area (Å²) in [6, 6.07) is 4.35. The zero-order valence-electron chi connectivity index (χ0n) is 9.71. The van der Waals surface area contributed by atoms with Crippen molar-refractivity contribution in [3.05, 3.63) is 42.2 Å². The van der Waals surface area contributed by atoms with E-state index in [0.717, 1.165) is 19.5 Å². The summed E-state index contributed by atoms with van der Waals surface area (Å²) in [5.74, 6) is 0.608. The van der Waals surface area contributed by atoms with Crippen molar-refractivity contribution in [2.75, 3.05) is 13.6 Å². The lowest BCUT2D eigenvalue weighted by Gasteiger charge is -2.20. The number of hydrogen-bond acceptors (Lipinski definition) is 3. The highest BCUT2D eigenvalue weighted by molar-refractivity contribution is 5.09. The fourth-order valence-corrected chi connectivity index (χ4v) is 2.21. The number of nitrogens with zero attached hydrogens (tertiary/aromatic N) is 2. The molecule has 0 saturated heterocycles. The Morgan fingerprint density at radius 3 is 3.00 bits per heavy atom. The Hall–Kier alpha value is -1.19. The van der Waals surface area contributed by atoms with Crippen LogP contribution in [0.25, 0.3) is 0 Å². The fourth-order valence-electron chi connectivity index (χ4n) is 2.21. The second kappa shape index (κ2) is 5.23. The Balaban J connectivity index is 1.81. The molecule has 1 aliphatic rings. The van der Waals surface area contributed by atoms with Gasteiger partial charge in [-0.1, -0.05) is 18.2 Å². The van der Waals surface area contributed by atoms with Crippen LogP contribution in [-0.2, 0) is 6.54 Å². The molecule has 0 bridgehead atoms. The molecule has 0 fully saturated rings. The van der Waals surface area contributed by atoms with E-state index in [1.165, 1.54) is 5.56 Å². The van der Waals surface area contributed by atoms with Crippen molar-refractivity contribution >= 4 is 0 Å². The van der Waals surface area contributed by atoms with Crippen LogP contribution in [0.5, 0.6) is 0 Å². The monoisotopic (exact) mass is 217 g/mol. The predicted molar refractivity (Wildman–Crippen MR) is 65.8 cm³/mol. The van der Waals surface area contributed by atoms with E-state index in [0.29, 0.717) is 5.92 Å². The Labute approximate surface area is 97.0 Å². The Morgan fingerprint density at radius 2 is 2.38 bits per heavy atom. The van der Waals surface area contributed by atoms with E-state index in [2.05, 4.69) is 35.1 Å². The number of pyridine rings is 1. The molecule has 3 heteroatoms. The number of hydrogen-bond donors (Lipinski definition) is 1. The molecule has 2 atom stereocenters. The predicted octanol–water partition coefficient (Wildman–Crippen LogP) is 1.42. The van der Waals surface area contributed by atoms with Crippen LogP contribution in [0, 0.1) is 5.92 Å². The van der Waals surface area contributed by atoms with Gasteiger partial charge >= 0.3 is 0 Å². The molecule has 0 amide bonds. The Kier molecular flexibility index (Phi) is 3.70. The Bertz CT molecular complexity index is 347. The van der Waals surface area contributed by atoms with Gasteiger partial charge in [-0.25, -0.2) is 0 Å². The van der Waals surface area contributed by atoms with E-state index < -0.39 is 0 Å². The maximum Gasteiger partial charge on any atom is 0.0312 e. The van der Waals surface area contributed by atoms with E-state index >= 15 is 0 Å². The van der Waals surface area contributed by atoms with Gasteiger partial charge in [0.05, 0.1) is 0 Å². The molecule has 1 aromatic rings. The third-order valence-electron chi connectivity index (χ3n) is 2.93. The lowest BCUT2D eigenvalue weighted by atomic mass is 10.1. The first-order valence-electron chi connectivity index (χ1n) is 5.75. The maximum atomic E-state index is 5.84. The molecule has 0 aromatic carbocycles. The third kappa shape index (κ3) is 3.15. The van der Waals surface area contributed by atoms with Crippen LogP contribution in [-0.4, -0.2) is 29.5 Å². The van der Waals surface area contributed by atoms with Crippen LogP contribution in [0.2, 0.25) is 0 Å². The van der Waals surface area contributed by atoms with Gasteiger partial charge in [0.2, 0.25) is 0 Å². The standard InChI is InChI=1S/C13H19N3/c1-16(9-11-4-5-13(14)7-11)10-12-3-2-6-15-8-12/h2-6,8,11,13H,7,9-10,14H2,1H3. The first kappa shape index (κ1) is 11.3. The summed E-state index contributed by atoms with van der Waals surface area (Å²) in [7, 11) is 2.14. The van der Waals surface area contributed by atoms with E-state index in [1.54, 1.807) is 0 Å². The van der Waals surface area contributed by atoms with Crippen molar-refractivity contribution in [2.45, 2.75) is 19.0 Å². The third-order valence-corrected chi connectivity index (χ3v) is 2.93. The van der Waals surface area contributed by atoms with Gasteiger partial charge in [0.1, 0.15) is 0 Å². The van der Waals surface area contributed by atoms with E-state index in [9.17, 15) is 0 Å². The maximum absolute atomic E-state index is 5.84. The average Bonchev–Trinajstić information content (AvgIpc) is 2.65. The van der Waals surface area contributed by atoms with Crippen molar-refractivity contribution in [1.29, 1.82) is 0 Å². The molecule has 2 rings (SSSR count). The lowest BCUT2D eigenvalue weighted by molar-refractivity contribution is 0.288. The van der Waals surface area contributed by atoms with Crippen LogP contribution in [0.15, 0.2) is 36.7 Å². The molecule has 0 aliphatic heterocycles. The van der Waals surface area contributed by atoms with Gasteiger partial charge in [0.25, 0.3) is 0 Å². The summed E-state index contributed by atoms with van der Waals surface area (Å²) < 4.78 is 0. The first-order valence-corrected chi connectivity index (χ1v) is 5.75. The van der Waals surface area contributed by atoms with Gasteiger partial charge in [-0.2, -0.15) is 0 Å². The summed E-state index contributed by atoms with van der Waals surface area (Å²) in [6.07, 6.45) is 9.17. The average molecular weight is 217 g/mol. The molecule has 0 radical (unpaired) electrons. The van der Waals surface area contributed by atoms with Crippen molar-refractivity contribution in [2.24, 2.45) is 11.7 Å². The highest BCUT2D eigenvalue weighted by atomic mass is 15.1. The summed E-state index contributed by atoms with van der Waals surface area (Å²) in [5, 5.41) is 0. The summed E-state index contributed by atoms with van der Waals surface area (Å²) in [5.41, 5.74) is 7.10. The summed E-state index contributed by atoms with van der Waals surface area (Å²) >= 11 is 0. The molecule has 3 nitrogen and oxygen atoms in total. The molecule has 0 saturated carbocycles. The molecule has 86 valence electrons. The number of nitrogens with two attached hydrogens (primary N) is 1. The van der Waals surface area contributed by atoms with Crippen molar-refractivity contribution in [1.82, 2.24) is 9.88 Å². The molecule has 0 spiro atoms. The molecule has 2 N–H and O–H groups in total. The van der Waals surface area contributed by atoms with Gasteiger partial charge in [0, 0.05) is 31.5 Å².